The van der Waals surface area contributed by atoms with Gasteiger partial charge in [-0.15, -0.1) is 16.4 Å². The van der Waals surface area contributed by atoms with Crippen LogP contribution in [-0.2, 0) is 13.5 Å². The number of nitrogen functional groups attached to an aromatic ring is 1. The lowest BCUT2D eigenvalue weighted by molar-refractivity contribution is 0.715. The quantitative estimate of drug-likeness (QED) is 0.803. The van der Waals surface area contributed by atoms with E-state index < -0.39 is 0 Å². The molecule has 6 heteroatoms. The van der Waals surface area contributed by atoms with Gasteiger partial charge in [0.2, 0.25) is 0 Å². The van der Waals surface area contributed by atoms with Crippen molar-refractivity contribution < 1.29 is 0 Å². The number of rotatable bonds is 2. The van der Waals surface area contributed by atoms with Gasteiger partial charge in [-0.1, -0.05) is 12.1 Å². The fraction of sp³-hybridized carbons (Fsp3) is 0.375. The number of nitrogens with two attached hydrogens (primary N) is 1. The first kappa shape index (κ1) is 9.14. The molecule has 2 rings (SSSR count). The molecule has 0 aliphatic rings. The number of anilines is 1. The van der Waals surface area contributed by atoms with E-state index in [4.69, 9.17) is 5.73 Å². The summed E-state index contributed by atoms with van der Waals surface area (Å²) in [5, 5.41) is 9.56. The Labute approximate surface area is 85.6 Å². The highest BCUT2D eigenvalue weighted by atomic mass is 32.1. The molecule has 0 aliphatic carbocycles. The van der Waals surface area contributed by atoms with Crippen LogP contribution in [0, 0.1) is 0 Å². The van der Waals surface area contributed by atoms with E-state index in [1.165, 1.54) is 11.3 Å². The average molecular weight is 209 g/mol. The highest BCUT2D eigenvalue weighted by Gasteiger charge is 2.12. The molecule has 2 N–H and O–H groups in total. The molecular weight excluding hydrogens is 198 g/mol. The molecule has 0 bridgehead atoms. The number of thiazole rings is 1. The zero-order valence-electron chi connectivity index (χ0n) is 8.06. The fourth-order valence-electron chi connectivity index (χ4n) is 1.17. The molecule has 74 valence electrons. The highest BCUT2D eigenvalue weighted by Crippen LogP contribution is 2.28. The molecule has 0 saturated carbocycles. The Bertz CT molecular complexity index is 444. The smallest absolute Gasteiger partial charge is 0.134 e. The molecule has 2 heterocycles. The standard InChI is InChI=1S/C8H11N5S/c1-3-6-10-7(8(9)14-6)5-4-13(2)12-11-5/h4H,3,9H2,1-2H3. The molecule has 0 saturated heterocycles. The molecule has 0 radical (unpaired) electrons. The van der Waals surface area contributed by atoms with Crippen molar-refractivity contribution in [2.45, 2.75) is 13.3 Å². The maximum absolute atomic E-state index is 5.84. The van der Waals surface area contributed by atoms with Crippen molar-refractivity contribution in [3.63, 3.8) is 0 Å². The van der Waals surface area contributed by atoms with Crippen molar-refractivity contribution in [3.05, 3.63) is 11.2 Å². The van der Waals surface area contributed by atoms with Crippen molar-refractivity contribution in [2.24, 2.45) is 7.05 Å². The van der Waals surface area contributed by atoms with Crippen LogP contribution in [0.5, 0.6) is 0 Å². The van der Waals surface area contributed by atoms with E-state index in [0.29, 0.717) is 5.00 Å². The lowest BCUT2D eigenvalue weighted by Crippen LogP contribution is -1.86. The van der Waals surface area contributed by atoms with Crippen LogP contribution in [0.2, 0.25) is 0 Å². The molecule has 0 atom stereocenters. The van der Waals surface area contributed by atoms with Crippen molar-refractivity contribution >= 4 is 16.3 Å². The minimum absolute atomic E-state index is 0.711. The zero-order valence-corrected chi connectivity index (χ0v) is 8.88. The summed E-state index contributed by atoms with van der Waals surface area (Å²) in [5.74, 6) is 0. The molecule has 0 aromatic carbocycles. The van der Waals surface area contributed by atoms with Gasteiger partial charge in [-0.3, -0.25) is 4.68 Å². The molecule has 0 unspecified atom stereocenters. The maximum atomic E-state index is 5.84. The molecule has 5 nitrogen and oxygen atoms in total. The van der Waals surface area contributed by atoms with Crippen LogP contribution in [0.3, 0.4) is 0 Å². The number of aryl methyl sites for hydroxylation is 2. The number of nitrogens with zero attached hydrogens (tertiary/aromatic N) is 4. The van der Waals surface area contributed by atoms with Crippen molar-refractivity contribution in [2.75, 3.05) is 5.73 Å². The van der Waals surface area contributed by atoms with E-state index in [9.17, 15) is 0 Å². The van der Waals surface area contributed by atoms with Crippen molar-refractivity contribution in [1.82, 2.24) is 20.0 Å². The number of aromatic nitrogens is 4. The summed E-state index contributed by atoms with van der Waals surface area (Å²) in [6.07, 6.45) is 2.71. The summed E-state index contributed by atoms with van der Waals surface area (Å²) in [7, 11) is 1.82. The second-order valence-corrected chi connectivity index (χ2v) is 4.07. The molecule has 2 aromatic rings. The largest absolute Gasteiger partial charge is 0.389 e. The first-order chi connectivity index (χ1) is 6.70. The van der Waals surface area contributed by atoms with Gasteiger partial charge in [-0.25, -0.2) is 4.98 Å². The first-order valence-corrected chi connectivity index (χ1v) is 5.14. The molecule has 0 spiro atoms. The van der Waals surface area contributed by atoms with Gasteiger partial charge < -0.3 is 5.73 Å². The van der Waals surface area contributed by atoms with Gasteiger partial charge in [0.25, 0.3) is 0 Å². The topological polar surface area (TPSA) is 69.6 Å². The summed E-state index contributed by atoms with van der Waals surface area (Å²) < 4.78 is 1.64. The van der Waals surface area contributed by atoms with Gasteiger partial charge in [0.1, 0.15) is 16.4 Å². The monoisotopic (exact) mass is 209 g/mol. The molecule has 2 aromatic heterocycles. The summed E-state index contributed by atoms with van der Waals surface area (Å²) in [6, 6.07) is 0. The van der Waals surface area contributed by atoms with Crippen LogP contribution in [-0.4, -0.2) is 20.0 Å². The normalized spacial score (nSPS) is 10.7. The van der Waals surface area contributed by atoms with E-state index in [1.54, 1.807) is 4.68 Å². The van der Waals surface area contributed by atoms with Gasteiger partial charge >= 0.3 is 0 Å². The van der Waals surface area contributed by atoms with E-state index in [-0.39, 0.29) is 0 Å². The summed E-state index contributed by atoms with van der Waals surface area (Å²) >= 11 is 1.51. The van der Waals surface area contributed by atoms with Crippen LogP contribution in [0.15, 0.2) is 6.20 Å². The van der Waals surface area contributed by atoms with E-state index >= 15 is 0 Å². The van der Waals surface area contributed by atoms with Crippen LogP contribution in [0.25, 0.3) is 11.4 Å². The summed E-state index contributed by atoms with van der Waals surface area (Å²) in [5.41, 5.74) is 7.32. The predicted molar refractivity (Wildman–Crippen MR) is 55.9 cm³/mol. The number of hydrogen-bond acceptors (Lipinski definition) is 5. The Hall–Kier alpha value is -1.43. The van der Waals surface area contributed by atoms with E-state index in [2.05, 4.69) is 22.2 Å². The third-order valence-corrected chi connectivity index (χ3v) is 2.87. The van der Waals surface area contributed by atoms with Crippen LogP contribution in [0.4, 0.5) is 5.00 Å². The number of hydrogen-bond donors (Lipinski definition) is 1. The van der Waals surface area contributed by atoms with E-state index in [1.807, 2.05) is 13.2 Å². The SMILES string of the molecule is CCc1nc(-c2cn(C)nn2)c(N)s1. The maximum Gasteiger partial charge on any atom is 0.134 e. The average Bonchev–Trinajstić information content (AvgIpc) is 2.71. The van der Waals surface area contributed by atoms with Crippen molar-refractivity contribution in [1.29, 1.82) is 0 Å². The van der Waals surface area contributed by atoms with Crippen molar-refractivity contribution in [3.8, 4) is 11.4 Å². The third kappa shape index (κ3) is 1.48. The minimum atomic E-state index is 0.711. The van der Waals surface area contributed by atoms with Gasteiger partial charge in [-0.2, -0.15) is 0 Å². The predicted octanol–water partition coefficient (Wildman–Crippen LogP) is 1.08. The van der Waals surface area contributed by atoms with Crippen LogP contribution in [0.1, 0.15) is 11.9 Å². The molecule has 0 amide bonds. The first-order valence-electron chi connectivity index (χ1n) is 4.32. The lowest BCUT2D eigenvalue weighted by Gasteiger charge is -1.88. The van der Waals surface area contributed by atoms with E-state index in [0.717, 1.165) is 22.8 Å². The van der Waals surface area contributed by atoms with Crippen LogP contribution >= 0.6 is 11.3 Å². The minimum Gasteiger partial charge on any atom is -0.389 e. The second-order valence-electron chi connectivity index (χ2n) is 2.95. The molecule has 0 aliphatic heterocycles. The Morgan fingerprint density at radius 1 is 1.57 bits per heavy atom. The molecular formula is C8H11N5S. The molecule has 14 heavy (non-hydrogen) atoms. The molecule has 0 fully saturated rings. The van der Waals surface area contributed by atoms with Gasteiger partial charge in [0.05, 0.1) is 11.2 Å². The lowest BCUT2D eigenvalue weighted by atomic mass is 10.3. The second kappa shape index (κ2) is 3.38. The zero-order chi connectivity index (χ0) is 10.1. The Morgan fingerprint density at radius 2 is 2.36 bits per heavy atom. The van der Waals surface area contributed by atoms with Gasteiger partial charge in [0, 0.05) is 7.05 Å². The third-order valence-electron chi connectivity index (χ3n) is 1.85. The fourth-order valence-corrected chi connectivity index (χ4v) is 1.95. The Balaban J connectivity index is 2.45. The van der Waals surface area contributed by atoms with Gasteiger partial charge in [0.15, 0.2) is 0 Å². The Morgan fingerprint density at radius 3 is 2.86 bits per heavy atom. The van der Waals surface area contributed by atoms with Gasteiger partial charge in [-0.05, 0) is 6.42 Å². The highest BCUT2D eigenvalue weighted by molar-refractivity contribution is 7.16. The summed E-state index contributed by atoms with van der Waals surface area (Å²) in [6.45, 7) is 2.05. The summed E-state index contributed by atoms with van der Waals surface area (Å²) in [4.78, 5) is 4.39. The van der Waals surface area contributed by atoms with Crippen LogP contribution < -0.4 is 5.73 Å². The Kier molecular flexibility index (Phi) is 2.20.